The van der Waals surface area contributed by atoms with Gasteiger partial charge < -0.3 is 20.1 Å². The summed E-state index contributed by atoms with van der Waals surface area (Å²) in [6.45, 7) is 8.65. The molecule has 2 fully saturated rings. The van der Waals surface area contributed by atoms with Crippen molar-refractivity contribution in [1.29, 1.82) is 0 Å². The molecule has 0 aromatic carbocycles. The van der Waals surface area contributed by atoms with Crippen LogP contribution < -0.4 is 0 Å². The molecule has 0 aromatic rings. The number of esters is 1. The van der Waals surface area contributed by atoms with Gasteiger partial charge in [0.1, 0.15) is 17.3 Å². The van der Waals surface area contributed by atoms with E-state index in [0.29, 0.717) is 36.8 Å². The lowest BCUT2D eigenvalue weighted by Gasteiger charge is -2.62. The van der Waals surface area contributed by atoms with Crippen molar-refractivity contribution in [3.05, 3.63) is 34.9 Å². The predicted molar refractivity (Wildman–Crippen MR) is 127 cm³/mol. The lowest BCUT2D eigenvalue weighted by atomic mass is 9.44. The van der Waals surface area contributed by atoms with E-state index >= 15 is 0 Å². The molecule has 0 aromatic heterocycles. The molecular formula is C28H36O7. The molecule has 8 atom stereocenters. The minimum atomic E-state index is -1.81. The summed E-state index contributed by atoms with van der Waals surface area (Å²) in [6, 6.07) is 0. The molecule has 7 nitrogen and oxygen atoms in total. The number of allylic oxidation sites excluding steroid dienone is 4. The maximum atomic E-state index is 13.1. The van der Waals surface area contributed by atoms with Gasteiger partial charge in [0.25, 0.3) is 0 Å². The molecule has 3 N–H and O–H groups in total. The highest BCUT2D eigenvalue weighted by Crippen LogP contribution is 2.70. The van der Waals surface area contributed by atoms with Gasteiger partial charge >= 0.3 is 5.97 Å². The summed E-state index contributed by atoms with van der Waals surface area (Å²) in [6.07, 6.45) is 5.51. The third-order valence-corrected chi connectivity index (χ3v) is 11.0. The van der Waals surface area contributed by atoms with Gasteiger partial charge in [-0.15, -0.1) is 0 Å². The number of rotatable bonds is 2. The van der Waals surface area contributed by atoms with Gasteiger partial charge in [-0.3, -0.25) is 9.59 Å². The average Bonchev–Trinajstić information content (AvgIpc) is 3.02. The Balaban J connectivity index is 1.55. The van der Waals surface area contributed by atoms with E-state index in [4.69, 9.17) is 4.74 Å². The fraction of sp³-hybridized carbons (Fsp3) is 0.679. The maximum Gasteiger partial charge on any atom is 0.334 e. The molecule has 2 saturated carbocycles. The number of aliphatic hydroxyl groups is 3. The Morgan fingerprint density at radius 1 is 1.03 bits per heavy atom. The highest BCUT2D eigenvalue weighted by molar-refractivity contribution is 6.18. The summed E-state index contributed by atoms with van der Waals surface area (Å²) >= 11 is 0. The molecule has 4 aliphatic carbocycles. The zero-order chi connectivity index (χ0) is 25.8. The Hall–Kier alpha value is -2.09. The summed E-state index contributed by atoms with van der Waals surface area (Å²) in [7, 11) is 0. The van der Waals surface area contributed by atoms with Gasteiger partial charge in [-0.1, -0.05) is 18.6 Å². The Labute approximate surface area is 205 Å². The highest BCUT2D eigenvalue weighted by Gasteiger charge is 2.76. The zero-order valence-corrected chi connectivity index (χ0v) is 21.2. The van der Waals surface area contributed by atoms with E-state index in [1.165, 1.54) is 19.1 Å². The van der Waals surface area contributed by atoms with Crippen molar-refractivity contribution in [3.8, 4) is 0 Å². The van der Waals surface area contributed by atoms with Crippen molar-refractivity contribution in [2.75, 3.05) is 0 Å². The highest BCUT2D eigenvalue weighted by atomic mass is 16.6. The van der Waals surface area contributed by atoms with Crippen molar-refractivity contribution in [3.63, 3.8) is 0 Å². The third-order valence-electron chi connectivity index (χ3n) is 11.0. The van der Waals surface area contributed by atoms with Gasteiger partial charge in [-0.25, -0.2) is 4.79 Å². The lowest BCUT2D eigenvalue weighted by molar-refractivity contribution is -0.279. The summed E-state index contributed by atoms with van der Waals surface area (Å²) < 4.78 is 5.60. The molecule has 0 saturated heterocycles. The number of hydrogen-bond acceptors (Lipinski definition) is 7. The van der Waals surface area contributed by atoms with E-state index in [-0.39, 0.29) is 36.2 Å². The van der Waals surface area contributed by atoms with Crippen LogP contribution in [0.4, 0.5) is 0 Å². The van der Waals surface area contributed by atoms with Crippen LogP contribution >= 0.6 is 0 Å². The van der Waals surface area contributed by atoms with E-state index in [2.05, 4.69) is 0 Å². The Morgan fingerprint density at radius 2 is 1.71 bits per heavy atom. The second-order valence-electron chi connectivity index (χ2n) is 12.1. The number of cyclic esters (lactones) is 1. The molecule has 1 heterocycles. The second-order valence-corrected chi connectivity index (χ2v) is 12.1. The summed E-state index contributed by atoms with van der Waals surface area (Å²) in [5.41, 5.74) is -5.20. The molecule has 190 valence electrons. The minimum Gasteiger partial charge on any atom is -0.455 e. The zero-order valence-electron chi connectivity index (χ0n) is 21.2. The molecule has 5 aliphatic rings. The molecule has 4 unspecified atom stereocenters. The number of hydrogen-bond donors (Lipinski definition) is 3. The van der Waals surface area contributed by atoms with Crippen molar-refractivity contribution < 1.29 is 34.4 Å². The van der Waals surface area contributed by atoms with Crippen molar-refractivity contribution in [2.45, 2.75) is 96.1 Å². The summed E-state index contributed by atoms with van der Waals surface area (Å²) in [5, 5.41) is 36.4. The average molecular weight is 485 g/mol. The SMILES string of the molecule is CC1=C(C)C(=O)OC(C(C)(O)[C@]2(O)CC[C@@]3(O)C4CC=C5C(=O)C=CC(=O)[C@]5(C)C4CC[C@@]32C)C1. The van der Waals surface area contributed by atoms with Gasteiger partial charge in [0.05, 0.1) is 11.0 Å². The van der Waals surface area contributed by atoms with E-state index < -0.39 is 39.7 Å². The molecule has 5 rings (SSSR count). The van der Waals surface area contributed by atoms with Crippen LogP contribution in [0.3, 0.4) is 0 Å². The monoisotopic (exact) mass is 484 g/mol. The first-order valence-corrected chi connectivity index (χ1v) is 12.7. The molecular weight excluding hydrogens is 448 g/mol. The second kappa shape index (κ2) is 7.24. The molecule has 7 heteroatoms. The number of ketones is 2. The fourth-order valence-corrected chi connectivity index (χ4v) is 8.33. The summed E-state index contributed by atoms with van der Waals surface area (Å²) in [4.78, 5) is 38.2. The van der Waals surface area contributed by atoms with Gasteiger partial charge in [-0.2, -0.15) is 0 Å². The third kappa shape index (κ3) is 2.75. The maximum absolute atomic E-state index is 13.1. The molecule has 1 aliphatic heterocycles. The van der Waals surface area contributed by atoms with Crippen LogP contribution in [0.2, 0.25) is 0 Å². The van der Waals surface area contributed by atoms with E-state index in [0.717, 1.165) is 5.57 Å². The number of carbonyl (C=O) groups is 3. The van der Waals surface area contributed by atoms with Gasteiger partial charge in [0.15, 0.2) is 11.6 Å². The van der Waals surface area contributed by atoms with Crippen LogP contribution in [0.5, 0.6) is 0 Å². The van der Waals surface area contributed by atoms with E-state index in [1.807, 2.05) is 20.8 Å². The smallest absolute Gasteiger partial charge is 0.334 e. The molecule has 35 heavy (non-hydrogen) atoms. The standard InChI is InChI=1S/C28H36O7/c1-15-14-22(35-23(31)16(15)2)26(5,32)28(34)13-12-27(33)18-6-7-19-20(29)8-9-21(30)25(19,4)17(18)10-11-24(27,28)3/h7-9,17-18,22,32-34H,6,10-14H2,1-5H3/t17?,18?,22?,24-,25+,26?,27+,28-/m0/s1. The van der Waals surface area contributed by atoms with Crippen LogP contribution in [0.1, 0.15) is 73.1 Å². The lowest BCUT2D eigenvalue weighted by Crippen LogP contribution is -2.72. The van der Waals surface area contributed by atoms with Gasteiger partial charge in [0.2, 0.25) is 0 Å². The topological polar surface area (TPSA) is 121 Å². The largest absolute Gasteiger partial charge is 0.455 e. The first-order chi connectivity index (χ1) is 16.1. The quantitative estimate of drug-likeness (QED) is 0.515. The number of ether oxygens (including phenoxy) is 1. The van der Waals surface area contributed by atoms with Crippen LogP contribution in [-0.4, -0.2) is 55.8 Å². The van der Waals surface area contributed by atoms with Gasteiger partial charge in [0, 0.05) is 23.0 Å². The fourth-order valence-electron chi connectivity index (χ4n) is 8.33. The number of fused-ring (bicyclic) bond motifs is 5. The minimum absolute atomic E-state index is 0.128. The molecule has 0 amide bonds. The van der Waals surface area contributed by atoms with Crippen LogP contribution in [0.15, 0.2) is 34.9 Å². The Bertz CT molecular complexity index is 1130. The van der Waals surface area contributed by atoms with Crippen molar-refractivity contribution in [2.24, 2.45) is 22.7 Å². The Kier molecular flexibility index (Phi) is 5.09. The van der Waals surface area contributed by atoms with Crippen LogP contribution in [-0.2, 0) is 19.1 Å². The van der Waals surface area contributed by atoms with Crippen LogP contribution in [0.25, 0.3) is 0 Å². The molecule has 0 radical (unpaired) electrons. The first kappa shape index (κ1) is 24.6. The normalized spacial score (nSPS) is 46.9. The van der Waals surface area contributed by atoms with E-state index in [1.54, 1.807) is 13.0 Å². The predicted octanol–water partition coefficient (Wildman–Crippen LogP) is 2.72. The van der Waals surface area contributed by atoms with Crippen molar-refractivity contribution in [1.82, 2.24) is 0 Å². The first-order valence-electron chi connectivity index (χ1n) is 12.7. The molecule has 0 spiro atoms. The Morgan fingerprint density at radius 3 is 2.37 bits per heavy atom. The number of carbonyl (C=O) groups excluding carboxylic acids is 3. The van der Waals surface area contributed by atoms with Gasteiger partial charge in [-0.05, 0) is 83.8 Å². The van der Waals surface area contributed by atoms with Crippen LogP contribution in [0, 0.1) is 22.7 Å². The van der Waals surface area contributed by atoms with Crippen molar-refractivity contribution >= 4 is 17.5 Å². The van der Waals surface area contributed by atoms with E-state index in [9.17, 15) is 29.7 Å². The molecule has 0 bridgehead atoms. The summed E-state index contributed by atoms with van der Waals surface area (Å²) in [5.74, 6) is -1.40.